The summed E-state index contributed by atoms with van der Waals surface area (Å²) in [6.07, 6.45) is 4.90. The van der Waals surface area contributed by atoms with Gasteiger partial charge in [0.1, 0.15) is 5.75 Å². The molecule has 5 heteroatoms. The first-order valence-corrected chi connectivity index (χ1v) is 7.97. The number of hydrogen-bond acceptors (Lipinski definition) is 4. The minimum atomic E-state index is -0.0330. The van der Waals surface area contributed by atoms with Crippen molar-refractivity contribution < 1.29 is 9.53 Å². The maximum atomic E-state index is 12.1. The standard InChI is InChI=1S/C16H18N2O2S/c1-20-12-6-4-5-11(9-12)10-15(19)18-16-17-13-7-2-3-8-14(13)21-16/h4-6,9H,2-3,7-8,10H2,1H3,(H,17,18,19). The van der Waals surface area contributed by atoms with E-state index >= 15 is 0 Å². The summed E-state index contributed by atoms with van der Waals surface area (Å²) in [4.78, 5) is 18.0. The van der Waals surface area contributed by atoms with Crippen LogP contribution in [0.4, 0.5) is 5.13 Å². The van der Waals surface area contributed by atoms with E-state index in [9.17, 15) is 4.79 Å². The van der Waals surface area contributed by atoms with Crippen molar-refractivity contribution in [2.75, 3.05) is 12.4 Å². The van der Waals surface area contributed by atoms with Crippen LogP contribution < -0.4 is 10.1 Å². The number of hydrogen-bond donors (Lipinski definition) is 1. The van der Waals surface area contributed by atoms with Gasteiger partial charge in [0.05, 0.1) is 19.2 Å². The fraction of sp³-hybridized carbons (Fsp3) is 0.375. The van der Waals surface area contributed by atoms with Crippen molar-refractivity contribution in [2.24, 2.45) is 0 Å². The Morgan fingerprint density at radius 2 is 2.24 bits per heavy atom. The molecule has 0 atom stereocenters. The Labute approximate surface area is 128 Å². The van der Waals surface area contributed by atoms with Crippen molar-refractivity contribution in [3.63, 3.8) is 0 Å². The van der Waals surface area contributed by atoms with Crippen LogP contribution in [0.2, 0.25) is 0 Å². The largest absolute Gasteiger partial charge is 0.497 e. The Morgan fingerprint density at radius 1 is 1.38 bits per heavy atom. The molecule has 0 aliphatic heterocycles. The molecule has 3 rings (SSSR count). The van der Waals surface area contributed by atoms with Crippen LogP contribution in [0.5, 0.6) is 5.75 Å². The average molecular weight is 302 g/mol. The van der Waals surface area contributed by atoms with E-state index in [1.807, 2.05) is 24.3 Å². The zero-order chi connectivity index (χ0) is 14.7. The van der Waals surface area contributed by atoms with Gasteiger partial charge in [-0.15, -0.1) is 11.3 Å². The summed E-state index contributed by atoms with van der Waals surface area (Å²) in [6.45, 7) is 0. The maximum Gasteiger partial charge on any atom is 0.230 e. The molecule has 1 amide bonds. The van der Waals surface area contributed by atoms with Crippen molar-refractivity contribution in [2.45, 2.75) is 32.1 Å². The third-order valence-corrected chi connectivity index (χ3v) is 4.66. The van der Waals surface area contributed by atoms with Gasteiger partial charge in [-0.25, -0.2) is 4.98 Å². The highest BCUT2D eigenvalue weighted by atomic mass is 32.1. The van der Waals surface area contributed by atoms with E-state index in [4.69, 9.17) is 4.74 Å². The fourth-order valence-electron chi connectivity index (χ4n) is 2.54. The van der Waals surface area contributed by atoms with Gasteiger partial charge in [0.15, 0.2) is 5.13 Å². The number of carbonyl (C=O) groups excluding carboxylic acids is 1. The number of nitrogens with zero attached hydrogens (tertiary/aromatic N) is 1. The Hall–Kier alpha value is -1.88. The Kier molecular flexibility index (Phi) is 4.20. The van der Waals surface area contributed by atoms with Crippen LogP contribution in [0.1, 0.15) is 29.0 Å². The normalized spacial score (nSPS) is 13.6. The Balaban J connectivity index is 1.64. The van der Waals surface area contributed by atoms with Crippen LogP contribution in [0.25, 0.3) is 0 Å². The van der Waals surface area contributed by atoms with E-state index in [1.165, 1.54) is 23.4 Å². The number of methoxy groups -OCH3 is 1. The van der Waals surface area contributed by atoms with Crippen molar-refractivity contribution in [1.82, 2.24) is 4.98 Å². The third-order valence-electron chi connectivity index (χ3n) is 3.59. The van der Waals surface area contributed by atoms with E-state index in [1.54, 1.807) is 18.4 Å². The van der Waals surface area contributed by atoms with Crippen LogP contribution in [-0.2, 0) is 24.1 Å². The second kappa shape index (κ2) is 6.26. The molecule has 1 aliphatic carbocycles. The van der Waals surface area contributed by atoms with Gasteiger partial charge < -0.3 is 10.1 Å². The predicted octanol–water partition coefficient (Wildman–Crippen LogP) is 3.21. The molecule has 0 radical (unpaired) electrons. The van der Waals surface area contributed by atoms with Crippen molar-refractivity contribution in [1.29, 1.82) is 0 Å². The number of aryl methyl sites for hydroxylation is 2. The molecule has 1 aromatic heterocycles. The molecule has 0 fully saturated rings. The number of fused-ring (bicyclic) bond motifs is 1. The molecule has 0 bridgehead atoms. The van der Waals surface area contributed by atoms with Gasteiger partial charge in [0, 0.05) is 4.88 Å². The summed E-state index contributed by atoms with van der Waals surface area (Å²) in [5.41, 5.74) is 2.11. The molecule has 2 aromatic rings. The van der Waals surface area contributed by atoms with Crippen LogP contribution in [-0.4, -0.2) is 18.0 Å². The second-order valence-corrected chi connectivity index (χ2v) is 6.26. The lowest BCUT2D eigenvalue weighted by atomic mass is 10.0. The molecule has 21 heavy (non-hydrogen) atoms. The smallest absolute Gasteiger partial charge is 0.230 e. The van der Waals surface area contributed by atoms with Gasteiger partial charge in [-0.1, -0.05) is 12.1 Å². The molecule has 0 saturated heterocycles. The Morgan fingerprint density at radius 3 is 3.05 bits per heavy atom. The topological polar surface area (TPSA) is 51.2 Å². The number of nitrogens with one attached hydrogen (secondary N) is 1. The SMILES string of the molecule is COc1cccc(CC(=O)Nc2nc3c(s2)CCCC3)c1. The van der Waals surface area contributed by atoms with Crippen molar-refractivity contribution >= 4 is 22.4 Å². The predicted molar refractivity (Wildman–Crippen MR) is 84.1 cm³/mol. The van der Waals surface area contributed by atoms with Crippen LogP contribution in [0.3, 0.4) is 0 Å². The number of carbonyl (C=O) groups is 1. The zero-order valence-electron chi connectivity index (χ0n) is 12.0. The van der Waals surface area contributed by atoms with Crippen molar-refractivity contribution in [3.8, 4) is 5.75 Å². The third kappa shape index (κ3) is 3.42. The van der Waals surface area contributed by atoms with Crippen LogP contribution >= 0.6 is 11.3 Å². The Bertz CT molecular complexity index is 628. The van der Waals surface area contributed by atoms with E-state index in [0.717, 1.165) is 29.3 Å². The van der Waals surface area contributed by atoms with Gasteiger partial charge in [0.25, 0.3) is 0 Å². The summed E-state index contributed by atoms with van der Waals surface area (Å²) >= 11 is 1.61. The van der Waals surface area contributed by atoms with Gasteiger partial charge in [-0.3, -0.25) is 4.79 Å². The summed E-state index contributed by atoms with van der Waals surface area (Å²) in [5, 5.41) is 3.64. The monoisotopic (exact) mass is 302 g/mol. The van der Waals surface area contributed by atoms with E-state index < -0.39 is 0 Å². The summed E-state index contributed by atoms with van der Waals surface area (Å²) < 4.78 is 5.17. The molecule has 1 heterocycles. The second-order valence-electron chi connectivity index (χ2n) is 5.17. The zero-order valence-corrected chi connectivity index (χ0v) is 12.8. The highest BCUT2D eigenvalue weighted by molar-refractivity contribution is 7.15. The molecule has 0 unspecified atom stereocenters. The van der Waals surface area contributed by atoms with Gasteiger partial charge in [-0.05, 0) is 43.4 Å². The molecule has 4 nitrogen and oxygen atoms in total. The van der Waals surface area contributed by atoms with Crippen LogP contribution in [0.15, 0.2) is 24.3 Å². The summed E-state index contributed by atoms with van der Waals surface area (Å²) in [6, 6.07) is 7.57. The fourth-order valence-corrected chi connectivity index (χ4v) is 3.60. The van der Waals surface area contributed by atoms with E-state index in [0.29, 0.717) is 6.42 Å². The first-order valence-electron chi connectivity index (χ1n) is 7.16. The van der Waals surface area contributed by atoms with Crippen molar-refractivity contribution in [3.05, 3.63) is 40.4 Å². The first-order chi connectivity index (χ1) is 10.2. The summed E-state index contributed by atoms with van der Waals surface area (Å²) in [5.74, 6) is 0.736. The molecule has 0 spiro atoms. The number of benzene rings is 1. The lowest BCUT2D eigenvalue weighted by Gasteiger charge is -2.06. The molecule has 0 saturated carbocycles. The van der Waals surface area contributed by atoms with Gasteiger partial charge >= 0.3 is 0 Å². The number of ether oxygens (including phenoxy) is 1. The van der Waals surface area contributed by atoms with E-state index in [-0.39, 0.29) is 5.91 Å². The maximum absolute atomic E-state index is 12.1. The molecular formula is C16H18N2O2S. The molecular weight excluding hydrogens is 284 g/mol. The number of aromatic nitrogens is 1. The molecule has 110 valence electrons. The van der Waals surface area contributed by atoms with Gasteiger partial charge in [-0.2, -0.15) is 0 Å². The molecule has 1 N–H and O–H groups in total. The minimum absolute atomic E-state index is 0.0330. The number of rotatable bonds is 4. The molecule has 1 aromatic carbocycles. The highest BCUT2D eigenvalue weighted by Crippen LogP contribution is 2.29. The highest BCUT2D eigenvalue weighted by Gasteiger charge is 2.16. The number of anilines is 1. The number of amides is 1. The average Bonchev–Trinajstić information content (AvgIpc) is 2.89. The van der Waals surface area contributed by atoms with Gasteiger partial charge in [0.2, 0.25) is 5.91 Å². The first kappa shape index (κ1) is 14.1. The quantitative estimate of drug-likeness (QED) is 0.943. The summed E-state index contributed by atoms with van der Waals surface area (Å²) in [7, 11) is 1.62. The minimum Gasteiger partial charge on any atom is -0.497 e. The lowest BCUT2D eigenvalue weighted by Crippen LogP contribution is -2.14. The van der Waals surface area contributed by atoms with Crippen LogP contribution in [0, 0.1) is 0 Å². The number of thiazole rings is 1. The molecule has 1 aliphatic rings. The lowest BCUT2D eigenvalue weighted by molar-refractivity contribution is -0.115. The van der Waals surface area contributed by atoms with E-state index in [2.05, 4.69) is 10.3 Å².